The second-order valence-corrected chi connectivity index (χ2v) is 6.29. The van der Waals surface area contributed by atoms with E-state index in [1.807, 2.05) is 0 Å². The predicted octanol–water partition coefficient (Wildman–Crippen LogP) is 0.882. The molecule has 5 heteroatoms. The first-order chi connectivity index (χ1) is 6.47. The second-order valence-electron chi connectivity index (χ2n) is 4.02. The van der Waals surface area contributed by atoms with Crippen LogP contribution in [-0.2, 0) is 14.8 Å². The third-order valence-corrected chi connectivity index (χ3v) is 4.56. The molecule has 0 aromatic carbocycles. The summed E-state index contributed by atoms with van der Waals surface area (Å²) in [5.41, 5.74) is 0. The van der Waals surface area contributed by atoms with Crippen molar-refractivity contribution in [3.05, 3.63) is 0 Å². The molecule has 1 aliphatic carbocycles. The maximum absolute atomic E-state index is 11.6. The van der Waals surface area contributed by atoms with E-state index >= 15 is 0 Å². The van der Waals surface area contributed by atoms with Crippen LogP contribution in [0.4, 0.5) is 0 Å². The van der Waals surface area contributed by atoms with Gasteiger partial charge in [-0.3, -0.25) is 0 Å². The summed E-state index contributed by atoms with van der Waals surface area (Å²) in [6, 6.07) is -0.0348. The minimum absolute atomic E-state index is 0.0348. The lowest BCUT2D eigenvalue weighted by atomic mass is 10.2. The Hall–Kier alpha value is -0.130. The molecule has 1 aliphatic rings. The van der Waals surface area contributed by atoms with E-state index in [-0.39, 0.29) is 17.4 Å². The zero-order valence-corrected chi connectivity index (χ0v) is 9.80. The van der Waals surface area contributed by atoms with Crippen molar-refractivity contribution in [1.29, 1.82) is 0 Å². The lowest BCUT2D eigenvalue weighted by Gasteiger charge is -2.20. The number of sulfonamides is 1. The molecule has 0 aromatic heterocycles. The summed E-state index contributed by atoms with van der Waals surface area (Å²) >= 11 is 0. The molecule has 0 aliphatic heterocycles. The molecule has 0 aromatic rings. The quantitative estimate of drug-likeness (QED) is 0.766. The molecular formula is C9H19NO3S. The lowest BCUT2D eigenvalue weighted by Crippen LogP contribution is -2.43. The van der Waals surface area contributed by atoms with Crippen molar-refractivity contribution in [2.75, 3.05) is 7.11 Å². The first kappa shape index (κ1) is 11.9. The van der Waals surface area contributed by atoms with Gasteiger partial charge in [-0.2, -0.15) is 0 Å². The van der Waals surface area contributed by atoms with Gasteiger partial charge >= 0.3 is 0 Å². The molecule has 2 atom stereocenters. The van der Waals surface area contributed by atoms with Gasteiger partial charge in [-0.05, 0) is 33.1 Å². The Labute approximate surface area is 86.1 Å². The summed E-state index contributed by atoms with van der Waals surface area (Å²) in [5.74, 6) is 0. The molecule has 4 nitrogen and oxygen atoms in total. The number of hydrogen-bond acceptors (Lipinski definition) is 3. The SMILES string of the molecule is COC1CCCC1NS(=O)(=O)C(C)C. The van der Waals surface area contributed by atoms with Crippen LogP contribution in [0, 0.1) is 0 Å². The van der Waals surface area contributed by atoms with Crippen LogP contribution >= 0.6 is 0 Å². The highest BCUT2D eigenvalue weighted by molar-refractivity contribution is 7.90. The molecule has 2 unspecified atom stereocenters. The number of rotatable bonds is 4. The number of hydrogen-bond donors (Lipinski definition) is 1. The Kier molecular flexibility index (Phi) is 3.92. The first-order valence-corrected chi connectivity index (χ1v) is 6.56. The monoisotopic (exact) mass is 221 g/mol. The van der Waals surface area contributed by atoms with Crippen LogP contribution in [0.5, 0.6) is 0 Å². The van der Waals surface area contributed by atoms with Gasteiger partial charge in [0.25, 0.3) is 0 Å². The number of nitrogens with one attached hydrogen (secondary N) is 1. The van der Waals surface area contributed by atoms with Crippen molar-refractivity contribution >= 4 is 10.0 Å². The van der Waals surface area contributed by atoms with Gasteiger partial charge < -0.3 is 4.74 Å². The molecule has 1 saturated carbocycles. The van der Waals surface area contributed by atoms with Gasteiger partial charge in [0, 0.05) is 13.2 Å². The zero-order valence-electron chi connectivity index (χ0n) is 8.99. The van der Waals surface area contributed by atoms with Crippen LogP contribution in [0.15, 0.2) is 0 Å². The molecule has 0 bridgehead atoms. The standard InChI is InChI=1S/C9H19NO3S/c1-7(2)14(11,12)10-8-5-4-6-9(8)13-3/h7-10H,4-6H2,1-3H3. The van der Waals surface area contributed by atoms with E-state index in [2.05, 4.69) is 4.72 Å². The molecule has 0 saturated heterocycles. The maximum Gasteiger partial charge on any atom is 0.214 e. The average Bonchev–Trinajstić information content (AvgIpc) is 2.50. The van der Waals surface area contributed by atoms with E-state index in [1.165, 1.54) is 0 Å². The van der Waals surface area contributed by atoms with Crippen molar-refractivity contribution in [1.82, 2.24) is 4.72 Å². The van der Waals surface area contributed by atoms with Crippen LogP contribution in [0.2, 0.25) is 0 Å². The normalized spacial score (nSPS) is 28.6. The van der Waals surface area contributed by atoms with E-state index in [4.69, 9.17) is 4.74 Å². The molecule has 1 N–H and O–H groups in total. The second kappa shape index (κ2) is 4.59. The van der Waals surface area contributed by atoms with E-state index in [9.17, 15) is 8.42 Å². The molecule has 1 rings (SSSR count). The van der Waals surface area contributed by atoms with Crippen LogP contribution in [0.1, 0.15) is 33.1 Å². The molecule has 0 spiro atoms. The summed E-state index contributed by atoms with van der Waals surface area (Å²) in [4.78, 5) is 0. The Morgan fingerprint density at radius 1 is 1.36 bits per heavy atom. The molecular weight excluding hydrogens is 202 g/mol. The smallest absolute Gasteiger partial charge is 0.214 e. The average molecular weight is 221 g/mol. The van der Waals surface area contributed by atoms with Crippen molar-refractivity contribution < 1.29 is 13.2 Å². The summed E-state index contributed by atoms with van der Waals surface area (Å²) < 4.78 is 31.1. The third kappa shape index (κ3) is 2.68. The van der Waals surface area contributed by atoms with E-state index in [0.29, 0.717) is 0 Å². The van der Waals surface area contributed by atoms with Crippen LogP contribution in [-0.4, -0.2) is 32.9 Å². The summed E-state index contributed by atoms with van der Waals surface area (Å²) in [6.07, 6.45) is 2.90. The molecule has 0 radical (unpaired) electrons. The highest BCUT2D eigenvalue weighted by atomic mass is 32.2. The van der Waals surface area contributed by atoms with E-state index < -0.39 is 10.0 Å². The van der Waals surface area contributed by atoms with Crippen molar-refractivity contribution in [3.8, 4) is 0 Å². The number of methoxy groups -OCH3 is 1. The summed E-state index contributed by atoms with van der Waals surface area (Å²) in [5, 5.41) is -0.374. The topological polar surface area (TPSA) is 55.4 Å². The lowest BCUT2D eigenvalue weighted by molar-refractivity contribution is 0.0916. The van der Waals surface area contributed by atoms with E-state index in [0.717, 1.165) is 19.3 Å². The highest BCUT2D eigenvalue weighted by Gasteiger charge is 2.31. The molecule has 0 heterocycles. The Balaban J connectivity index is 2.60. The largest absolute Gasteiger partial charge is 0.380 e. The Morgan fingerprint density at radius 2 is 2.00 bits per heavy atom. The Morgan fingerprint density at radius 3 is 2.50 bits per heavy atom. The van der Waals surface area contributed by atoms with Gasteiger partial charge in [0.2, 0.25) is 10.0 Å². The minimum Gasteiger partial charge on any atom is -0.380 e. The number of ether oxygens (including phenoxy) is 1. The fourth-order valence-corrected chi connectivity index (χ4v) is 2.65. The molecule has 84 valence electrons. The molecule has 14 heavy (non-hydrogen) atoms. The third-order valence-electron chi connectivity index (χ3n) is 2.69. The van der Waals surface area contributed by atoms with Gasteiger partial charge in [-0.15, -0.1) is 0 Å². The molecule has 0 amide bonds. The first-order valence-electron chi connectivity index (χ1n) is 5.01. The summed E-state index contributed by atoms with van der Waals surface area (Å²) in [7, 11) is -1.52. The van der Waals surface area contributed by atoms with Crippen molar-refractivity contribution in [3.63, 3.8) is 0 Å². The van der Waals surface area contributed by atoms with Gasteiger partial charge in [-0.1, -0.05) is 0 Å². The predicted molar refractivity (Wildman–Crippen MR) is 55.6 cm³/mol. The van der Waals surface area contributed by atoms with Crippen LogP contribution < -0.4 is 4.72 Å². The van der Waals surface area contributed by atoms with Gasteiger partial charge in [0.1, 0.15) is 0 Å². The van der Waals surface area contributed by atoms with Gasteiger partial charge in [-0.25, -0.2) is 13.1 Å². The van der Waals surface area contributed by atoms with E-state index in [1.54, 1.807) is 21.0 Å². The zero-order chi connectivity index (χ0) is 10.8. The van der Waals surface area contributed by atoms with Crippen LogP contribution in [0.3, 0.4) is 0 Å². The fraction of sp³-hybridized carbons (Fsp3) is 1.00. The summed E-state index contributed by atoms with van der Waals surface area (Å²) in [6.45, 7) is 3.36. The fourth-order valence-electron chi connectivity index (χ4n) is 1.69. The highest BCUT2D eigenvalue weighted by Crippen LogP contribution is 2.22. The van der Waals surface area contributed by atoms with Crippen molar-refractivity contribution in [2.24, 2.45) is 0 Å². The Bertz CT molecular complexity index is 274. The minimum atomic E-state index is -3.15. The van der Waals surface area contributed by atoms with Crippen molar-refractivity contribution in [2.45, 2.75) is 50.5 Å². The van der Waals surface area contributed by atoms with Crippen LogP contribution in [0.25, 0.3) is 0 Å². The molecule has 1 fully saturated rings. The van der Waals surface area contributed by atoms with Gasteiger partial charge in [0.05, 0.1) is 11.4 Å². The van der Waals surface area contributed by atoms with Gasteiger partial charge in [0.15, 0.2) is 0 Å². The maximum atomic E-state index is 11.6.